The maximum absolute atomic E-state index is 13.4. The van der Waals surface area contributed by atoms with Gasteiger partial charge in [-0.1, -0.05) is 32.4 Å². The monoisotopic (exact) mass is 551 g/mol. The van der Waals surface area contributed by atoms with Crippen LogP contribution in [0.2, 0.25) is 5.02 Å². The number of sulfone groups is 1. The zero-order chi connectivity index (χ0) is 27.1. The second-order valence-corrected chi connectivity index (χ2v) is 12.4. The molecule has 3 rings (SSSR count). The summed E-state index contributed by atoms with van der Waals surface area (Å²) < 4.78 is 73.9. The molecule has 1 aliphatic heterocycles. The summed E-state index contributed by atoms with van der Waals surface area (Å²) in [5.41, 5.74) is -1.94. The van der Waals surface area contributed by atoms with Crippen molar-refractivity contribution < 1.29 is 40.7 Å². The molecule has 1 heterocycles. The van der Waals surface area contributed by atoms with Gasteiger partial charge in [0.1, 0.15) is 11.3 Å². The summed E-state index contributed by atoms with van der Waals surface area (Å²) in [6.07, 6.45) is -6.12. The second-order valence-electron chi connectivity index (χ2n) is 9.79. The standard InChI is InChI=1S/C22H25ClF3N3O6S/c1-20(2,3)18(30)29-10-14(9-17(29)35-19(31)28-21(11-27)6-7-21)36(32,33)16-5-4-13(8-15(16)23)34-12-22(24,25)26/h4-5,8,14,17H,6-7,9-10,12H2,1-3H3,(H,28,31)/t14-,17+/m1/s1. The van der Waals surface area contributed by atoms with Crippen LogP contribution < -0.4 is 10.1 Å². The van der Waals surface area contributed by atoms with E-state index >= 15 is 0 Å². The van der Waals surface area contributed by atoms with Crippen molar-refractivity contribution in [1.29, 1.82) is 5.26 Å². The molecular formula is C22H25ClF3N3O6S. The largest absolute Gasteiger partial charge is 0.484 e. The molecule has 1 saturated carbocycles. The highest BCUT2D eigenvalue weighted by Gasteiger charge is 2.49. The Kier molecular flexibility index (Phi) is 7.45. The first-order chi connectivity index (χ1) is 16.5. The molecule has 1 saturated heterocycles. The number of rotatable bonds is 6. The van der Waals surface area contributed by atoms with Crippen LogP contribution in [0.1, 0.15) is 40.0 Å². The number of nitrogens with one attached hydrogen (secondary N) is 1. The maximum Gasteiger partial charge on any atom is 0.422 e. The minimum atomic E-state index is -4.59. The fraction of sp³-hybridized carbons (Fsp3) is 0.591. The summed E-state index contributed by atoms with van der Waals surface area (Å²) in [5, 5.41) is 10.0. The summed E-state index contributed by atoms with van der Waals surface area (Å²) in [6, 6.07) is 5.02. The van der Waals surface area contributed by atoms with Gasteiger partial charge in [0.2, 0.25) is 5.91 Å². The van der Waals surface area contributed by atoms with Gasteiger partial charge >= 0.3 is 12.3 Å². The number of ether oxygens (including phenoxy) is 2. The lowest BCUT2D eigenvalue weighted by Crippen LogP contribution is -2.47. The lowest BCUT2D eigenvalue weighted by molar-refractivity contribution is -0.153. The average molecular weight is 552 g/mol. The molecule has 14 heteroatoms. The van der Waals surface area contributed by atoms with E-state index in [4.69, 9.17) is 21.6 Å². The van der Waals surface area contributed by atoms with Gasteiger partial charge < -0.3 is 19.7 Å². The number of benzene rings is 1. The van der Waals surface area contributed by atoms with Gasteiger partial charge in [-0.3, -0.25) is 4.79 Å². The van der Waals surface area contributed by atoms with Crippen molar-refractivity contribution in [2.24, 2.45) is 5.41 Å². The molecule has 2 fully saturated rings. The van der Waals surface area contributed by atoms with Gasteiger partial charge in [-0.2, -0.15) is 18.4 Å². The number of carbonyl (C=O) groups excluding carboxylic acids is 2. The Bertz CT molecular complexity index is 1190. The van der Waals surface area contributed by atoms with Crippen LogP contribution in [-0.4, -0.2) is 61.7 Å². The van der Waals surface area contributed by atoms with Gasteiger partial charge in [-0.15, -0.1) is 0 Å². The highest BCUT2D eigenvalue weighted by molar-refractivity contribution is 7.92. The first-order valence-corrected chi connectivity index (χ1v) is 12.8. The van der Waals surface area contributed by atoms with E-state index in [1.165, 1.54) is 0 Å². The lowest BCUT2D eigenvalue weighted by atomic mass is 9.95. The number of amides is 2. The van der Waals surface area contributed by atoms with E-state index in [-0.39, 0.29) is 28.6 Å². The van der Waals surface area contributed by atoms with Gasteiger partial charge in [-0.05, 0) is 25.0 Å². The van der Waals surface area contributed by atoms with Crippen LogP contribution in [0.25, 0.3) is 0 Å². The third kappa shape index (κ3) is 6.34. The van der Waals surface area contributed by atoms with Crippen molar-refractivity contribution >= 4 is 33.4 Å². The van der Waals surface area contributed by atoms with E-state index in [0.717, 1.165) is 23.1 Å². The van der Waals surface area contributed by atoms with E-state index < -0.39 is 57.1 Å². The number of halogens is 4. The molecule has 0 aromatic heterocycles. The number of hydrogen-bond acceptors (Lipinski definition) is 7. The van der Waals surface area contributed by atoms with Gasteiger partial charge in [0.15, 0.2) is 22.7 Å². The smallest absolute Gasteiger partial charge is 0.422 e. The molecule has 1 aliphatic carbocycles. The molecular weight excluding hydrogens is 527 g/mol. The Hall–Kier alpha value is -2.72. The molecule has 2 atom stereocenters. The van der Waals surface area contributed by atoms with Crippen molar-refractivity contribution in [2.75, 3.05) is 13.2 Å². The molecule has 2 aliphatic rings. The molecule has 36 heavy (non-hydrogen) atoms. The summed E-state index contributed by atoms with van der Waals surface area (Å²) in [6.45, 7) is 3.00. The molecule has 0 unspecified atom stereocenters. The molecule has 9 nitrogen and oxygen atoms in total. The van der Waals surface area contributed by atoms with Gasteiger partial charge in [0, 0.05) is 24.4 Å². The van der Waals surface area contributed by atoms with Crippen LogP contribution in [0.15, 0.2) is 23.1 Å². The summed E-state index contributed by atoms with van der Waals surface area (Å²) in [7, 11) is -4.21. The molecule has 1 aromatic carbocycles. The van der Waals surface area contributed by atoms with E-state index in [1.807, 2.05) is 6.07 Å². The van der Waals surface area contributed by atoms with Crippen molar-refractivity contribution in [3.05, 3.63) is 23.2 Å². The number of alkyl carbamates (subject to hydrolysis) is 1. The van der Waals surface area contributed by atoms with Crippen LogP contribution in [0.3, 0.4) is 0 Å². The SMILES string of the molecule is CC(C)(C)C(=O)N1C[C@H](S(=O)(=O)c2ccc(OCC(F)(F)F)cc2Cl)C[C@@H]1OC(=O)NC1(C#N)CC1. The number of nitriles is 1. The molecule has 0 bridgehead atoms. The summed E-state index contributed by atoms with van der Waals surface area (Å²) >= 11 is 6.08. The normalized spacial score (nSPS) is 21.4. The van der Waals surface area contributed by atoms with Crippen molar-refractivity contribution in [1.82, 2.24) is 10.2 Å². The van der Waals surface area contributed by atoms with Gasteiger partial charge in [0.25, 0.3) is 0 Å². The van der Waals surface area contributed by atoms with Crippen molar-refractivity contribution in [3.8, 4) is 11.8 Å². The number of alkyl halides is 3. The number of hydrogen-bond donors (Lipinski definition) is 1. The summed E-state index contributed by atoms with van der Waals surface area (Å²) in [4.78, 5) is 26.2. The third-order valence-electron chi connectivity index (χ3n) is 5.71. The molecule has 1 aromatic rings. The molecule has 198 valence electrons. The van der Waals surface area contributed by atoms with E-state index in [1.54, 1.807) is 20.8 Å². The predicted molar refractivity (Wildman–Crippen MR) is 121 cm³/mol. The Balaban J connectivity index is 1.82. The van der Waals surface area contributed by atoms with E-state index in [0.29, 0.717) is 12.8 Å². The quantitative estimate of drug-likeness (QED) is 0.569. The van der Waals surface area contributed by atoms with Crippen LogP contribution in [-0.2, 0) is 19.4 Å². The zero-order valence-corrected chi connectivity index (χ0v) is 21.3. The number of likely N-dealkylation sites (tertiary alicyclic amines) is 1. The molecule has 0 radical (unpaired) electrons. The Morgan fingerprint density at radius 2 is 1.92 bits per heavy atom. The second kappa shape index (κ2) is 9.63. The Labute approximate surface area is 211 Å². The highest BCUT2D eigenvalue weighted by atomic mass is 35.5. The van der Waals surface area contributed by atoms with Crippen LogP contribution in [0.4, 0.5) is 18.0 Å². The van der Waals surface area contributed by atoms with E-state index in [2.05, 4.69) is 10.1 Å². The first-order valence-electron chi connectivity index (χ1n) is 10.9. The molecule has 2 amide bonds. The fourth-order valence-corrected chi connectivity index (χ4v) is 5.85. The Morgan fingerprint density at radius 1 is 1.28 bits per heavy atom. The highest BCUT2D eigenvalue weighted by Crippen LogP contribution is 2.37. The third-order valence-corrected chi connectivity index (χ3v) is 8.33. The van der Waals surface area contributed by atoms with Crippen molar-refractivity contribution in [2.45, 2.75) is 68.1 Å². The molecule has 1 N–H and O–H groups in total. The van der Waals surface area contributed by atoms with E-state index in [9.17, 15) is 31.2 Å². The average Bonchev–Trinajstić information content (AvgIpc) is 3.39. The minimum Gasteiger partial charge on any atom is -0.484 e. The number of nitrogens with zero attached hydrogens (tertiary/aromatic N) is 2. The lowest BCUT2D eigenvalue weighted by Gasteiger charge is -2.30. The maximum atomic E-state index is 13.4. The van der Waals surface area contributed by atoms with Crippen LogP contribution in [0.5, 0.6) is 5.75 Å². The van der Waals surface area contributed by atoms with Gasteiger partial charge in [0.05, 0.1) is 21.2 Å². The predicted octanol–water partition coefficient (Wildman–Crippen LogP) is 3.81. The number of carbonyl (C=O) groups is 2. The fourth-order valence-electron chi connectivity index (χ4n) is 3.63. The van der Waals surface area contributed by atoms with Crippen LogP contribution >= 0.6 is 11.6 Å². The van der Waals surface area contributed by atoms with Crippen LogP contribution in [0, 0.1) is 16.7 Å². The zero-order valence-electron chi connectivity index (χ0n) is 19.7. The van der Waals surface area contributed by atoms with Gasteiger partial charge in [-0.25, -0.2) is 13.2 Å². The topological polar surface area (TPSA) is 126 Å². The molecule has 0 spiro atoms. The minimum absolute atomic E-state index is 0.264. The Morgan fingerprint density at radius 3 is 2.42 bits per heavy atom. The van der Waals surface area contributed by atoms with Crippen molar-refractivity contribution in [3.63, 3.8) is 0 Å². The summed E-state index contributed by atoms with van der Waals surface area (Å²) in [5.74, 6) is -0.724. The first kappa shape index (κ1) is 27.9.